The molecule has 0 aliphatic carbocycles. The van der Waals surface area contributed by atoms with Gasteiger partial charge in [0, 0.05) is 5.69 Å². The van der Waals surface area contributed by atoms with Crippen molar-refractivity contribution in [3.63, 3.8) is 0 Å². The van der Waals surface area contributed by atoms with Crippen LogP contribution in [0.25, 0.3) is 0 Å². The zero-order valence-electron chi connectivity index (χ0n) is 16.1. The Morgan fingerprint density at radius 2 is 1.63 bits per heavy atom. The number of halogens is 1. The van der Waals surface area contributed by atoms with Gasteiger partial charge in [0.25, 0.3) is 11.8 Å². The van der Waals surface area contributed by atoms with Gasteiger partial charge in [-0.1, -0.05) is 23.7 Å². The summed E-state index contributed by atoms with van der Waals surface area (Å²) in [4.78, 5) is 36.5. The number of nitrogens with two attached hydrogens (primary N) is 1. The molecule has 2 aromatic rings. The molecular formula is C19H20ClN3O6S. The van der Waals surface area contributed by atoms with Gasteiger partial charge in [-0.05, 0) is 50.2 Å². The molecule has 0 saturated heterocycles. The Bertz CT molecular complexity index is 1060. The van der Waals surface area contributed by atoms with Crippen molar-refractivity contribution in [2.75, 3.05) is 5.32 Å². The average molecular weight is 454 g/mol. The standard InChI is InChI=1S/C19H20ClN3O6S/c1-11(22-18(25)15-5-3-4-6-16(15)20)19(26)29-12(2)17(24)23-13-7-9-14(10-8-13)30(21,27)28/h3-12H,1-2H3,(H,22,25)(H,23,24)(H2,21,27,28)/t11-,12?/m0/s1. The molecule has 4 N–H and O–H groups in total. The quantitative estimate of drug-likeness (QED) is 0.544. The lowest BCUT2D eigenvalue weighted by Gasteiger charge is -2.18. The maximum atomic E-state index is 12.2. The number of hydrogen-bond acceptors (Lipinski definition) is 6. The number of esters is 1. The van der Waals surface area contributed by atoms with Crippen molar-refractivity contribution in [1.82, 2.24) is 5.32 Å². The van der Waals surface area contributed by atoms with Gasteiger partial charge >= 0.3 is 5.97 Å². The number of primary sulfonamides is 1. The predicted molar refractivity (Wildman–Crippen MR) is 110 cm³/mol. The normalized spacial score (nSPS) is 13.1. The number of ether oxygens (including phenoxy) is 1. The molecule has 0 aliphatic rings. The number of amides is 2. The van der Waals surface area contributed by atoms with Crippen molar-refractivity contribution in [1.29, 1.82) is 0 Å². The predicted octanol–water partition coefficient (Wildman–Crippen LogP) is 1.68. The van der Waals surface area contributed by atoms with Crippen molar-refractivity contribution in [2.24, 2.45) is 5.14 Å². The van der Waals surface area contributed by atoms with E-state index in [2.05, 4.69) is 10.6 Å². The summed E-state index contributed by atoms with van der Waals surface area (Å²) >= 11 is 5.95. The fourth-order valence-corrected chi connectivity index (χ4v) is 3.02. The minimum absolute atomic E-state index is 0.108. The van der Waals surface area contributed by atoms with Crippen LogP contribution in [0.4, 0.5) is 5.69 Å². The Morgan fingerprint density at radius 3 is 2.20 bits per heavy atom. The Hall–Kier alpha value is -2.95. The highest BCUT2D eigenvalue weighted by Gasteiger charge is 2.24. The summed E-state index contributed by atoms with van der Waals surface area (Å²) in [6.45, 7) is 2.77. The summed E-state index contributed by atoms with van der Waals surface area (Å²) in [5.41, 5.74) is 0.489. The summed E-state index contributed by atoms with van der Waals surface area (Å²) in [7, 11) is -3.85. The highest BCUT2D eigenvalue weighted by Crippen LogP contribution is 2.15. The highest BCUT2D eigenvalue weighted by molar-refractivity contribution is 7.89. The molecule has 2 aromatic carbocycles. The molecule has 0 saturated carbocycles. The average Bonchev–Trinajstić information content (AvgIpc) is 2.67. The fraction of sp³-hybridized carbons (Fsp3) is 0.211. The van der Waals surface area contributed by atoms with Gasteiger partial charge in [-0.25, -0.2) is 18.4 Å². The van der Waals surface area contributed by atoms with E-state index in [1.807, 2.05) is 0 Å². The van der Waals surface area contributed by atoms with E-state index in [-0.39, 0.29) is 21.2 Å². The molecule has 0 aliphatic heterocycles. The highest BCUT2D eigenvalue weighted by atomic mass is 35.5. The molecule has 2 atom stereocenters. The molecule has 0 bridgehead atoms. The zero-order valence-corrected chi connectivity index (χ0v) is 17.7. The molecule has 0 radical (unpaired) electrons. The van der Waals surface area contributed by atoms with Gasteiger partial charge in [-0.3, -0.25) is 9.59 Å². The van der Waals surface area contributed by atoms with Crippen LogP contribution in [0.5, 0.6) is 0 Å². The smallest absolute Gasteiger partial charge is 0.329 e. The second-order valence-electron chi connectivity index (χ2n) is 6.31. The number of carbonyl (C=O) groups is 3. The van der Waals surface area contributed by atoms with Crippen molar-refractivity contribution >= 4 is 45.1 Å². The molecule has 11 heteroatoms. The van der Waals surface area contributed by atoms with Crippen LogP contribution in [-0.2, 0) is 24.3 Å². The van der Waals surface area contributed by atoms with E-state index >= 15 is 0 Å². The van der Waals surface area contributed by atoms with Crippen LogP contribution in [0.1, 0.15) is 24.2 Å². The van der Waals surface area contributed by atoms with Crippen molar-refractivity contribution in [3.05, 3.63) is 59.1 Å². The van der Waals surface area contributed by atoms with Gasteiger partial charge in [-0.2, -0.15) is 0 Å². The molecule has 0 aromatic heterocycles. The number of rotatable bonds is 7. The van der Waals surface area contributed by atoms with Gasteiger partial charge in [-0.15, -0.1) is 0 Å². The molecule has 1 unspecified atom stereocenters. The second-order valence-corrected chi connectivity index (χ2v) is 8.28. The van der Waals surface area contributed by atoms with E-state index < -0.39 is 40.0 Å². The van der Waals surface area contributed by atoms with E-state index in [1.54, 1.807) is 18.2 Å². The first-order valence-electron chi connectivity index (χ1n) is 8.68. The molecule has 30 heavy (non-hydrogen) atoms. The van der Waals surface area contributed by atoms with E-state index in [1.165, 1.54) is 44.2 Å². The van der Waals surface area contributed by atoms with Crippen molar-refractivity contribution < 1.29 is 27.5 Å². The number of hydrogen-bond donors (Lipinski definition) is 3. The van der Waals surface area contributed by atoms with Crippen molar-refractivity contribution in [3.8, 4) is 0 Å². The maximum Gasteiger partial charge on any atom is 0.329 e. The Kier molecular flexibility index (Phi) is 7.54. The zero-order chi connectivity index (χ0) is 22.5. The molecule has 0 fully saturated rings. The first-order valence-corrected chi connectivity index (χ1v) is 10.6. The van der Waals surface area contributed by atoms with E-state index in [0.717, 1.165) is 0 Å². The van der Waals surface area contributed by atoms with Crippen LogP contribution in [0.15, 0.2) is 53.4 Å². The lowest BCUT2D eigenvalue weighted by Crippen LogP contribution is -2.42. The number of benzene rings is 2. The molecule has 160 valence electrons. The Balaban J connectivity index is 1.91. The number of anilines is 1. The molecule has 2 rings (SSSR count). The lowest BCUT2D eigenvalue weighted by atomic mass is 10.2. The van der Waals surface area contributed by atoms with Crippen LogP contribution in [-0.4, -0.2) is 38.3 Å². The van der Waals surface area contributed by atoms with E-state index in [0.29, 0.717) is 0 Å². The van der Waals surface area contributed by atoms with Crippen molar-refractivity contribution in [2.45, 2.75) is 30.9 Å². The largest absolute Gasteiger partial charge is 0.451 e. The first-order chi connectivity index (χ1) is 14.0. The minimum atomic E-state index is -3.85. The summed E-state index contributed by atoms with van der Waals surface area (Å²) in [6.07, 6.45) is -1.17. The van der Waals surface area contributed by atoms with Gasteiger partial charge in [0.15, 0.2) is 6.10 Å². The van der Waals surface area contributed by atoms with Gasteiger partial charge in [0.1, 0.15) is 6.04 Å². The van der Waals surface area contributed by atoms with Crippen LogP contribution < -0.4 is 15.8 Å². The van der Waals surface area contributed by atoms with Gasteiger partial charge in [0.2, 0.25) is 10.0 Å². The molecule has 2 amide bonds. The summed E-state index contributed by atoms with van der Waals surface area (Å²) in [5, 5.41) is 10.2. The van der Waals surface area contributed by atoms with Crippen LogP contribution in [0, 0.1) is 0 Å². The summed E-state index contributed by atoms with van der Waals surface area (Å²) in [6, 6.07) is 10.5. The molecular weight excluding hydrogens is 434 g/mol. The Labute approximate surface area is 178 Å². The first kappa shape index (κ1) is 23.3. The summed E-state index contributed by atoms with van der Waals surface area (Å²) in [5.74, 6) is -2.02. The molecule has 0 spiro atoms. The Morgan fingerprint density at radius 1 is 1.03 bits per heavy atom. The topological polar surface area (TPSA) is 145 Å². The number of sulfonamides is 1. The number of carbonyl (C=O) groups excluding carboxylic acids is 3. The number of nitrogens with one attached hydrogen (secondary N) is 2. The SMILES string of the molecule is CC(OC(=O)[C@H](C)NC(=O)c1ccccc1Cl)C(=O)Nc1ccc(S(N)(=O)=O)cc1. The van der Waals surface area contributed by atoms with E-state index in [4.69, 9.17) is 21.5 Å². The summed E-state index contributed by atoms with van der Waals surface area (Å²) < 4.78 is 27.6. The van der Waals surface area contributed by atoms with Gasteiger partial charge in [0.05, 0.1) is 15.5 Å². The minimum Gasteiger partial charge on any atom is -0.451 e. The fourth-order valence-electron chi connectivity index (χ4n) is 2.28. The third-order valence-electron chi connectivity index (χ3n) is 3.93. The third kappa shape index (κ3) is 6.28. The maximum absolute atomic E-state index is 12.2. The lowest BCUT2D eigenvalue weighted by molar-refractivity contribution is -0.154. The van der Waals surface area contributed by atoms with Crippen LogP contribution in [0.3, 0.4) is 0 Å². The third-order valence-corrected chi connectivity index (χ3v) is 5.19. The second kappa shape index (κ2) is 9.70. The van der Waals surface area contributed by atoms with Crippen LogP contribution >= 0.6 is 11.6 Å². The monoisotopic (exact) mass is 453 g/mol. The van der Waals surface area contributed by atoms with E-state index in [9.17, 15) is 22.8 Å². The molecule has 0 heterocycles. The molecule has 9 nitrogen and oxygen atoms in total. The van der Waals surface area contributed by atoms with Gasteiger partial charge < -0.3 is 15.4 Å². The van der Waals surface area contributed by atoms with Crippen LogP contribution in [0.2, 0.25) is 5.02 Å².